The highest BCUT2D eigenvalue weighted by atomic mass is 16.5. The van der Waals surface area contributed by atoms with Crippen LogP contribution in [0.5, 0.6) is 34.5 Å². The Morgan fingerprint density at radius 1 is 0.462 bits per heavy atom. The van der Waals surface area contributed by atoms with Gasteiger partial charge in [-0.2, -0.15) is 0 Å². The number of hydrogen-bond donors (Lipinski definition) is 4. The highest BCUT2D eigenvalue weighted by Gasteiger charge is 2.20. The topological polar surface area (TPSA) is 202 Å². The first-order valence-corrected chi connectivity index (χ1v) is 21.4. The SMILES string of the molecule is CN(C)CCCNC(=O)CC(=O)NCCCN(C)C.COc1cc(C=C(C(=O)NCCCN(C)C)C(=O)NCCCN(C)C)cc(OC)c1OC.COc1cc(C=O)cc(OC)c1OC. The molecule has 19 nitrogen and oxygen atoms in total. The van der Waals surface area contributed by atoms with Gasteiger partial charge in [-0.1, -0.05) is 0 Å². The Morgan fingerprint density at radius 2 is 0.754 bits per heavy atom. The van der Waals surface area contributed by atoms with Gasteiger partial charge in [0.1, 0.15) is 18.3 Å². The summed E-state index contributed by atoms with van der Waals surface area (Å²) in [5.74, 6) is 1.50. The van der Waals surface area contributed by atoms with Crippen molar-refractivity contribution in [2.75, 3.05) is 151 Å². The van der Waals surface area contributed by atoms with Crippen molar-refractivity contribution in [2.45, 2.75) is 32.1 Å². The van der Waals surface area contributed by atoms with Gasteiger partial charge in [-0.15, -0.1) is 0 Å². The minimum atomic E-state index is -0.428. The molecule has 0 saturated carbocycles. The molecule has 0 aliphatic carbocycles. The van der Waals surface area contributed by atoms with Crippen molar-refractivity contribution in [3.63, 3.8) is 0 Å². The Kier molecular flexibility index (Phi) is 31.7. The highest BCUT2D eigenvalue weighted by molar-refractivity contribution is 6.21. The molecule has 368 valence electrons. The summed E-state index contributed by atoms with van der Waals surface area (Å²) in [4.78, 5) is 67.4. The molecule has 2 rings (SSSR count). The Balaban J connectivity index is 0.00000105. The van der Waals surface area contributed by atoms with E-state index in [1.165, 1.54) is 48.7 Å². The number of carbonyl (C=O) groups excluding carboxylic acids is 5. The third-order valence-electron chi connectivity index (χ3n) is 8.98. The number of nitrogens with one attached hydrogen (secondary N) is 4. The van der Waals surface area contributed by atoms with E-state index in [9.17, 15) is 24.0 Å². The summed E-state index contributed by atoms with van der Waals surface area (Å²) in [5, 5.41) is 11.2. The van der Waals surface area contributed by atoms with Crippen molar-refractivity contribution >= 4 is 36.0 Å². The second kappa shape index (κ2) is 34.7. The summed E-state index contributed by atoms with van der Waals surface area (Å²) in [6.45, 7) is 5.70. The molecule has 0 saturated heterocycles. The van der Waals surface area contributed by atoms with Gasteiger partial charge in [0, 0.05) is 31.7 Å². The molecule has 4 amide bonds. The monoisotopic (exact) mass is 919 g/mol. The van der Waals surface area contributed by atoms with Crippen LogP contribution < -0.4 is 49.7 Å². The maximum Gasteiger partial charge on any atom is 0.256 e. The molecule has 0 radical (unpaired) electrons. The Bertz CT molecular complexity index is 1650. The summed E-state index contributed by atoms with van der Waals surface area (Å²) in [6.07, 6.45) is 5.52. The Morgan fingerprint density at radius 3 is 1.02 bits per heavy atom. The first-order valence-electron chi connectivity index (χ1n) is 21.4. The van der Waals surface area contributed by atoms with E-state index in [0.717, 1.165) is 58.1 Å². The molecule has 19 heteroatoms. The number of carbonyl (C=O) groups is 5. The number of methoxy groups -OCH3 is 6. The van der Waals surface area contributed by atoms with Crippen LogP contribution in [0.2, 0.25) is 0 Å². The van der Waals surface area contributed by atoms with Gasteiger partial charge >= 0.3 is 0 Å². The fraction of sp³-hybridized carbons (Fsp3) is 0.587. The summed E-state index contributed by atoms with van der Waals surface area (Å²) in [6, 6.07) is 6.57. The lowest BCUT2D eigenvalue weighted by Crippen LogP contribution is -2.36. The van der Waals surface area contributed by atoms with Gasteiger partial charge in [-0.05, 0) is 144 Å². The Hall–Kier alpha value is -5.63. The maximum absolute atomic E-state index is 12.9. The van der Waals surface area contributed by atoms with Crippen molar-refractivity contribution in [1.29, 1.82) is 0 Å². The Labute approximate surface area is 387 Å². The van der Waals surface area contributed by atoms with Crippen LogP contribution in [-0.2, 0) is 19.2 Å². The van der Waals surface area contributed by atoms with E-state index in [1.807, 2.05) is 66.2 Å². The molecule has 0 unspecified atom stereocenters. The van der Waals surface area contributed by atoms with Gasteiger partial charge in [-0.25, -0.2) is 0 Å². The third-order valence-corrected chi connectivity index (χ3v) is 8.98. The molecular weight excluding hydrogens is 841 g/mol. The molecule has 0 spiro atoms. The number of nitrogens with zero attached hydrogens (tertiary/aromatic N) is 4. The number of hydrogen-bond acceptors (Lipinski definition) is 15. The lowest BCUT2D eigenvalue weighted by molar-refractivity contribution is -0.129. The molecule has 4 N–H and O–H groups in total. The van der Waals surface area contributed by atoms with Crippen molar-refractivity contribution < 1.29 is 52.4 Å². The van der Waals surface area contributed by atoms with Crippen LogP contribution in [0.25, 0.3) is 6.08 Å². The van der Waals surface area contributed by atoms with Gasteiger partial charge in [0.2, 0.25) is 23.3 Å². The molecule has 0 aliphatic rings. The van der Waals surface area contributed by atoms with E-state index in [0.29, 0.717) is 71.8 Å². The van der Waals surface area contributed by atoms with Gasteiger partial charge in [0.25, 0.3) is 11.8 Å². The standard InChI is InChI=1S/C23H38N4O5.C13H28N4O2.C10H12O4/c1-26(2)12-8-10-24-22(28)18(23(29)25-11-9-13-27(3)4)14-17-15-19(30-5)21(32-7)20(16-17)31-6;1-16(2)9-5-7-14-12(18)11-13(19)15-8-6-10-17(3)4;1-12-8-4-7(6-11)5-9(13-2)10(8)14-3/h14-16H,8-13H2,1-7H3,(H,24,28)(H,25,29);5-11H2,1-4H3,(H,14,18)(H,15,19);4-6H,1-3H3. The van der Waals surface area contributed by atoms with Crippen molar-refractivity contribution in [3.8, 4) is 34.5 Å². The number of benzene rings is 2. The number of aldehydes is 1. The molecule has 0 aromatic heterocycles. The lowest BCUT2D eigenvalue weighted by atomic mass is 10.1. The normalized spacial score (nSPS) is 10.4. The van der Waals surface area contributed by atoms with Crippen LogP contribution in [0.15, 0.2) is 29.8 Å². The quantitative estimate of drug-likeness (QED) is 0.0318. The number of ether oxygens (including phenoxy) is 6. The van der Waals surface area contributed by atoms with E-state index in [-0.39, 0.29) is 23.8 Å². The van der Waals surface area contributed by atoms with Crippen LogP contribution in [0, 0.1) is 0 Å². The zero-order chi connectivity index (χ0) is 49.3. The first kappa shape index (κ1) is 59.4. The van der Waals surface area contributed by atoms with Crippen LogP contribution in [0.3, 0.4) is 0 Å². The van der Waals surface area contributed by atoms with Crippen LogP contribution in [0.4, 0.5) is 0 Å². The van der Waals surface area contributed by atoms with Crippen molar-refractivity contribution in [2.24, 2.45) is 0 Å². The second-order valence-corrected chi connectivity index (χ2v) is 15.6. The fourth-order valence-electron chi connectivity index (χ4n) is 5.66. The highest BCUT2D eigenvalue weighted by Crippen LogP contribution is 2.39. The average molecular weight is 919 g/mol. The van der Waals surface area contributed by atoms with E-state index >= 15 is 0 Å². The predicted molar refractivity (Wildman–Crippen MR) is 255 cm³/mol. The maximum atomic E-state index is 12.9. The number of amides is 4. The molecular formula is C46H78N8O11. The van der Waals surface area contributed by atoms with E-state index in [4.69, 9.17) is 28.4 Å². The van der Waals surface area contributed by atoms with Gasteiger partial charge < -0.3 is 69.3 Å². The van der Waals surface area contributed by atoms with Crippen molar-refractivity contribution in [3.05, 3.63) is 41.0 Å². The molecule has 0 bridgehead atoms. The smallest absolute Gasteiger partial charge is 0.256 e. The van der Waals surface area contributed by atoms with Gasteiger partial charge in [0.15, 0.2) is 23.0 Å². The third kappa shape index (κ3) is 26.1. The zero-order valence-corrected chi connectivity index (χ0v) is 41.4. The molecule has 65 heavy (non-hydrogen) atoms. The second-order valence-electron chi connectivity index (χ2n) is 15.6. The van der Waals surface area contributed by atoms with E-state index in [1.54, 1.807) is 24.3 Å². The van der Waals surface area contributed by atoms with Gasteiger partial charge in [0.05, 0.1) is 42.7 Å². The number of rotatable bonds is 28. The summed E-state index contributed by atoms with van der Waals surface area (Å²) in [5.41, 5.74) is 1.09. The lowest BCUT2D eigenvalue weighted by Gasteiger charge is -2.15. The minimum absolute atomic E-state index is 0.0222. The summed E-state index contributed by atoms with van der Waals surface area (Å²) < 4.78 is 31.3. The molecule has 0 heterocycles. The predicted octanol–water partition coefficient (Wildman–Crippen LogP) is 2.27. The molecule has 0 fully saturated rings. The largest absolute Gasteiger partial charge is 0.493 e. The fourth-order valence-corrected chi connectivity index (χ4v) is 5.66. The van der Waals surface area contributed by atoms with Crippen LogP contribution in [-0.4, -0.2) is 201 Å². The minimum Gasteiger partial charge on any atom is -0.493 e. The molecule has 2 aromatic rings. The first-order chi connectivity index (χ1) is 30.9. The summed E-state index contributed by atoms with van der Waals surface area (Å²) >= 11 is 0. The van der Waals surface area contributed by atoms with Crippen LogP contribution >= 0.6 is 0 Å². The average Bonchev–Trinajstić information content (AvgIpc) is 3.27. The van der Waals surface area contributed by atoms with Crippen LogP contribution in [0.1, 0.15) is 48.0 Å². The van der Waals surface area contributed by atoms with E-state index in [2.05, 4.69) is 31.1 Å². The van der Waals surface area contributed by atoms with E-state index < -0.39 is 11.8 Å². The zero-order valence-electron chi connectivity index (χ0n) is 41.4. The summed E-state index contributed by atoms with van der Waals surface area (Å²) in [7, 11) is 24.9. The van der Waals surface area contributed by atoms with Crippen molar-refractivity contribution in [1.82, 2.24) is 40.9 Å². The molecule has 0 aliphatic heterocycles. The molecule has 0 atom stereocenters. The molecule has 2 aromatic carbocycles. The van der Waals surface area contributed by atoms with Gasteiger partial charge in [-0.3, -0.25) is 24.0 Å².